The molecule has 2 rings (SSSR count). The SMILES string of the molecule is CCNC(=NCC(O)c1ccc(Cl)s1)N1CCC(C)CC1.I. The summed E-state index contributed by atoms with van der Waals surface area (Å²) in [5.41, 5.74) is 0. The number of guanidine groups is 1. The molecule has 1 aromatic heterocycles. The molecule has 1 aliphatic heterocycles. The zero-order valence-electron chi connectivity index (χ0n) is 13.1. The van der Waals surface area contributed by atoms with Crippen molar-refractivity contribution < 1.29 is 5.11 Å². The molecule has 22 heavy (non-hydrogen) atoms. The van der Waals surface area contributed by atoms with Crippen LogP contribution in [0, 0.1) is 5.92 Å². The van der Waals surface area contributed by atoms with Crippen molar-refractivity contribution in [1.82, 2.24) is 10.2 Å². The smallest absolute Gasteiger partial charge is 0.194 e. The van der Waals surface area contributed by atoms with Gasteiger partial charge >= 0.3 is 0 Å². The molecule has 1 fully saturated rings. The third-order valence-corrected chi connectivity index (χ3v) is 5.09. The van der Waals surface area contributed by atoms with Gasteiger partial charge in [-0.15, -0.1) is 35.3 Å². The molecule has 4 nitrogen and oxygen atoms in total. The fourth-order valence-corrected chi connectivity index (χ4v) is 3.45. The Labute approximate surface area is 159 Å². The minimum Gasteiger partial charge on any atom is -0.386 e. The zero-order valence-corrected chi connectivity index (χ0v) is 17.0. The van der Waals surface area contributed by atoms with Gasteiger partial charge in [0.2, 0.25) is 0 Å². The van der Waals surface area contributed by atoms with E-state index in [0.29, 0.717) is 10.9 Å². The summed E-state index contributed by atoms with van der Waals surface area (Å²) < 4.78 is 0.699. The summed E-state index contributed by atoms with van der Waals surface area (Å²) in [6, 6.07) is 3.68. The summed E-state index contributed by atoms with van der Waals surface area (Å²) in [5.74, 6) is 1.70. The second kappa shape index (κ2) is 9.95. The zero-order chi connectivity index (χ0) is 15.2. The van der Waals surface area contributed by atoms with E-state index >= 15 is 0 Å². The Kier molecular flexibility index (Phi) is 9.04. The average molecular weight is 458 g/mol. The molecule has 7 heteroatoms. The number of rotatable bonds is 4. The van der Waals surface area contributed by atoms with Crippen LogP contribution in [-0.4, -0.2) is 42.1 Å². The van der Waals surface area contributed by atoms with Crippen LogP contribution in [0.5, 0.6) is 0 Å². The molecule has 1 atom stereocenters. The summed E-state index contributed by atoms with van der Waals surface area (Å²) in [7, 11) is 0. The van der Waals surface area contributed by atoms with Crippen LogP contribution >= 0.6 is 46.9 Å². The van der Waals surface area contributed by atoms with Gasteiger partial charge in [0, 0.05) is 24.5 Å². The van der Waals surface area contributed by atoms with E-state index in [2.05, 4.69) is 29.1 Å². The molecule has 0 saturated carbocycles. The van der Waals surface area contributed by atoms with Crippen molar-refractivity contribution in [1.29, 1.82) is 0 Å². The van der Waals surface area contributed by atoms with Gasteiger partial charge in [-0.1, -0.05) is 18.5 Å². The van der Waals surface area contributed by atoms with E-state index in [1.165, 1.54) is 24.2 Å². The molecule has 0 amide bonds. The number of hydrogen-bond donors (Lipinski definition) is 2. The molecule has 0 radical (unpaired) electrons. The lowest BCUT2D eigenvalue weighted by Crippen LogP contribution is -2.45. The number of hydrogen-bond acceptors (Lipinski definition) is 3. The van der Waals surface area contributed by atoms with Crippen LogP contribution in [0.1, 0.15) is 37.7 Å². The predicted octanol–water partition coefficient (Wildman–Crippen LogP) is 3.75. The number of nitrogens with one attached hydrogen (secondary N) is 1. The highest BCUT2D eigenvalue weighted by molar-refractivity contribution is 14.0. The van der Waals surface area contributed by atoms with E-state index in [9.17, 15) is 5.11 Å². The predicted molar refractivity (Wildman–Crippen MR) is 106 cm³/mol. The van der Waals surface area contributed by atoms with Crippen LogP contribution in [-0.2, 0) is 0 Å². The van der Waals surface area contributed by atoms with E-state index in [-0.39, 0.29) is 24.0 Å². The Morgan fingerprint density at radius 2 is 2.18 bits per heavy atom. The maximum Gasteiger partial charge on any atom is 0.194 e. The topological polar surface area (TPSA) is 47.9 Å². The largest absolute Gasteiger partial charge is 0.386 e. The van der Waals surface area contributed by atoms with Crippen LogP contribution in [0.25, 0.3) is 0 Å². The second-order valence-electron chi connectivity index (χ2n) is 5.52. The molecular weight excluding hydrogens is 433 g/mol. The Balaban J connectivity index is 0.00000242. The van der Waals surface area contributed by atoms with Gasteiger partial charge in [-0.2, -0.15) is 0 Å². The van der Waals surface area contributed by atoms with E-state index in [1.54, 1.807) is 0 Å². The van der Waals surface area contributed by atoms with Gasteiger partial charge in [0.25, 0.3) is 0 Å². The normalized spacial score (nSPS) is 18.0. The number of halogens is 2. The first-order valence-electron chi connectivity index (χ1n) is 7.56. The number of aliphatic hydroxyl groups excluding tert-OH is 1. The first kappa shape index (κ1) is 20.0. The molecule has 0 aliphatic carbocycles. The minimum atomic E-state index is -0.583. The van der Waals surface area contributed by atoms with Crippen LogP contribution in [0.2, 0.25) is 4.34 Å². The van der Waals surface area contributed by atoms with Crippen LogP contribution in [0.3, 0.4) is 0 Å². The van der Waals surface area contributed by atoms with E-state index in [0.717, 1.165) is 36.4 Å². The van der Waals surface area contributed by atoms with Crippen molar-refractivity contribution in [2.75, 3.05) is 26.2 Å². The fourth-order valence-electron chi connectivity index (χ4n) is 2.42. The maximum atomic E-state index is 10.2. The number of aliphatic imine (C=N–C) groups is 1. The number of aliphatic hydroxyl groups is 1. The van der Waals surface area contributed by atoms with Crippen LogP contribution in [0.15, 0.2) is 17.1 Å². The highest BCUT2D eigenvalue weighted by atomic mass is 127. The average Bonchev–Trinajstić information content (AvgIpc) is 2.91. The van der Waals surface area contributed by atoms with Gasteiger partial charge in [0.15, 0.2) is 5.96 Å². The summed E-state index contributed by atoms with van der Waals surface area (Å²) in [6.45, 7) is 7.64. The summed E-state index contributed by atoms with van der Waals surface area (Å²) in [5, 5.41) is 13.5. The molecule has 0 spiro atoms. The number of nitrogens with zero attached hydrogens (tertiary/aromatic N) is 2. The first-order valence-corrected chi connectivity index (χ1v) is 8.76. The molecule has 0 bridgehead atoms. The maximum absolute atomic E-state index is 10.2. The van der Waals surface area contributed by atoms with Gasteiger partial charge in [0.05, 0.1) is 10.9 Å². The molecule has 0 aromatic carbocycles. The van der Waals surface area contributed by atoms with Crippen molar-refractivity contribution >= 4 is 52.9 Å². The molecule has 2 N–H and O–H groups in total. The molecule has 126 valence electrons. The third kappa shape index (κ3) is 5.86. The second-order valence-corrected chi connectivity index (χ2v) is 7.27. The lowest BCUT2D eigenvalue weighted by atomic mass is 10.00. The lowest BCUT2D eigenvalue weighted by molar-refractivity contribution is 0.189. The van der Waals surface area contributed by atoms with Crippen molar-refractivity contribution in [3.8, 4) is 0 Å². The van der Waals surface area contributed by atoms with Gasteiger partial charge < -0.3 is 15.3 Å². The van der Waals surface area contributed by atoms with Crippen LogP contribution in [0.4, 0.5) is 0 Å². The van der Waals surface area contributed by atoms with Crippen molar-refractivity contribution in [2.45, 2.75) is 32.8 Å². The number of likely N-dealkylation sites (tertiary alicyclic amines) is 1. The summed E-state index contributed by atoms with van der Waals surface area (Å²) >= 11 is 7.31. The highest BCUT2D eigenvalue weighted by Gasteiger charge is 2.19. The Hall–Kier alpha value is -0.0500. The van der Waals surface area contributed by atoms with Crippen LogP contribution < -0.4 is 5.32 Å². The Bertz CT molecular complexity index is 475. The minimum absolute atomic E-state index is 0. The van der Waals surface area contributed by atoms with Gasteiger partial charge in [0.1, 0.15) is 6.10 Å². The lowest BCUT2D eigenvalue weighted by Gasteiger charge is -2.33. The van der Waals surface area contributed by atoms with Gasteiger partial charge in [-0.25, -0.2) is 0 Å². The molecule has 1 saturated heterocycles. The van der Waals surface area contributed by atoms with Crippen molar-refractivity contribution in [2.24, 2.45) is 10.9 Å². The third-order valence-electron chi connectivity index (χ3n) is 3.75. The monoisotopic (exact) mass is 457 g/mol. The Morgan fingerprint density at radius 1 is 1.50 bits per heavy atom. The quantitative estimate of drug-likeness (QED) is 0.411. The van der Waals surface area contributed by atoms with Gasteiger partial charge in [-0.05, 0) is 37.8 Å². The Morgan fingerprint density at radius 3 is 2.73 bits per heavy atom. The van der Waals surface area contributed by atoms with E-state index in [4.69, 9.17) is 11.6 Å². The summed E-state index contributed by atoms with van der Waals surface area (Å²) in [6.07, 6.45) is 1.82. The number of piperidine rings is 1. The summed E-state index contributed by atoms with van der Waals surface area (Å²) in [4.78, 5) is 7.75. The molecular formula is C15H25ClIN3OS. The van der Waals surface area contributed by atoms with E-state index < -0.39 is 6.10 Å². The molecule has 1 aromatic rings. The van der Waals surface area contributed by atoms with Gasteiger partial charge in [-0.3, -0.25) is 4.99 Å². The van der Waals surface area contributed by atoms with Crippen molar-refractivity contribution in [3.63, 3.8) is 0 Å². The van der Waals surface area contributed by atoms with E-state index in [1.807, 2.05) is 12.1 Å². The standard InChI is InChI=1S/C15H24ClN3OS.HI/c1-3-17-15(19-8-6-11(2)7-9-19)18-10-12(20)13-4-5-14(16)21-13;/h4-5,11-12,20H,3,6-10H2,1-2H3,(H,17,18);1H. The number of thiophene rings is 1. The molecule has 1 aliphatic rings. The molecule has 1 unspecified atom stereocenters. The highest BCUT2D eigenvalue weighted by Crippen LogP contribution is 2.27. The first-order chi connectivity index (χ1) is 10.1. The van der Waals surface area contributed by atoms with Crippen molar-refractivity contribution in [3.05, 3.63) is 21.3 Å². The fraction of sp³-hybridized carbons (Fsp3) is 0.667. The molecule has 2 heterocycles.